The number of rotatable bonds is 6. The van der Waals surface area contributed by atoms with E-state index >= 15 is 0 Å². The molecule has 0 bridgehead atoms. The highest BCUT2D eigenvalue weighted by molar-refractivity contribution is 9.10. The predicted molar refractivity (Wildman–Crippen MR) is 80.4 cm³/mol. The molecule has 0 aliphatic heterocycles. The summed E-state index contributed by atoms with van der Waals surface area (Å²) < 4.78 is 6.14. The molecule has 0 saturated heterocycles. The Kier molecular flexibility index (Phi) is 5.39. The number of aliphatic hydroxyl groups is 1. The van der Waals surface area contributed by atoms with Crippen LogP contribution in [-0.2, 0) is 4.74 Å². The first-order chi connectivity index (χ1) is 9.13. The Morgan fingerprint density at radius 1 is 1.53 bits per heavy atom. The molecule has 3 nitrogen and oxygen atoms in total. The number of hydrogen-bond acceptors (Lipinski definition) is 3. The summed E-state index contributed by atoms with van der Waals surface area (Å²) in [5.74, 6) is 0.576. The van der Waals surface area contributed by atoms with Crippen molar-refractivity contribution in [3.8, 4) is 0 Å². The standard InChI is InChI=1S/C15H22BrNO2/c1-10-8-14(17-7-6-11(18)9-19-2)12-4-3-5-13(16)15(10)12/h3-5,10-11,14,17-18H,6-9H2,1-2H3. The van der Waals surface area contributed by atoms with Crippen molar-refractivity contribution in [2.24, 2.45) is 0 Å². The number of hydrogen-bond donors (Lipinski definition) is 2. The third-order valence-electron chi connectivity index (χ3n) is 3.77. The van der Waals surface area contributed by atoms with Gasteiger partial charge in [0.2, 0.25) is 0 Å². The van der Waals surface area contributed by atoms with Crippen molar-refractivity contribution < 1.29 is 9.84 Å². The second kappa shape index (κ2) is 6.84. The zero-order valence-corrected chi connectivity index (χ0v) is 13.1. The molecule has 2 rings (SSSR count). The van der Waals surface area contributed by atoms with E-state index in [-0.39, 0.29) is 6.10 Å². The second-order valence-electron chi connectivity index (χ2n) is 5.28. The molecular formula is C15H22BrNO2. The van der Waals surface area contributed by atoms with E-state index in [0.717, 1.165) is 19.4 Å². The van der Waals surface area contributed by atoms with Gasteiger partial charge in [0, 0.05) is 17.6 Å². The van der Waals surface area contributed by atoms with Crippen LogP contribution in [0.2, 0.25) is 0 Å². The maximum absolute atomic E-state index is 9.64. The lowest BCUT2D eigenvalue weighted by molar-refractivity contribution is 0.0589. The molecule has 0 aromatic heterocycles. The number of halogens is 1. The van der Waals surface area contributed by atoms with Crippen molar-refractivity contribution in [1.29, 1.82) is 0 Å². The summed E-state index contributed by atoms with van der Waals surface area (Å²) in [6.07, 6.45) is 1.47. The Balaban J connectivity index is 1.92. The molecule has 4 heteroatoms. The Morgan fingerprint density at radius 2 is 2.32 bits per heavy atom. The molecule has 0 radical (unpaired) electrons. The zero-order chi connectivity index (χ0) is 13.8. The smallest absolute Gasteiger partial charge is 0.0785 e. The average Bonchev–Trinajstić information content (AvgIpc) is 2.68. The Morgan fingerprint density at radius 3 is 3.05 bits per heavy atom. The molecule has 2 N–H and O–H groups in total. The average molecular weight is 328 g/mol. The highest BCUT2D eigenvalue weighted by atomic mass is 79.9. The number of fused-ring (bicyclic) bond motifs is 1. The number of methoxy groups -OCH3 is 1. The Bertz CT molecular complexity index is 425. The molecule has 1 aromatic rings. The number of benzene rings is 1. The largest absolute Gasteiger partial charge is 0.391 e. The van der Waals surface area contributed by atoms with Gasteiger partial charge in [0.1, 0.15) is 0 Å². The SMILES string of the molecule is COCC(O)CCNC1CC(C)c2c(Br)cccc21. The summed E-state index contributed by atoms with van der Waals surface area (Å²) in [6.45, 7) is 3.49. The van der Waals surface area contributed by atoms with E-state index in [1.54, 1.807) is 7.11 Å². The van der Waals surface area contributed by atoms with Crippen LogP contribution >= 0.6 is 15.9 Å². The van der Waals surface area contributed by atoms with Crippen LogP contribution in [0.15, 0.2) is 22.7 Å². The maximum atomic E-state index is 9.64. The van der Waals surface area contributed by atoms with E-state index in [4.69, 9.17) is 4.74 Å². The van der Waals surface area contributed by atoms with Gasteiger partial charge in [-0.1, -0.05) is 35.0 Å². The van der Waals surface area contributed by atoms with Gasteiger partial charge >= 0.3 is 0 Å². The Hall–Kier alpha value is -0.420. The normalized spacial score (nSPS) is 23.4. The minimum atomic E-state index is -0.377. The summed E-state index contributed by atoms with van der Waals surface area (Å²) in [7, 11) is 1.61. The molecule has 0 spiro atoms. The minimum absolute atomic E-state index is 0.377. The van der Waals surface area contributed by atoms with E-state index in [1.807, 2.05) is 0 Å². The Labute approximate surface area is 123 Å². The molecule has 3 unspecified atom stereocenters. The highest BCUT2D eigenvalue weighted by Gasteiger charge is 2.29. The summed E-state index contributed by atoms with van der Waals surface area (Å²) >= 11 is 3.64. The first kappa shape index (κ1) is 15.0. The fraction of sp³-hybridized carbons (Fsp3) is 0.600. The fourth-order valence-electron chi connectivity index (χ4n) is 2.87. The topological polar surface area (TPSA) is 41.5 Å². The molecule has 1 aliphatic rings. The summed E-state index contributed by atoms with van der Waals surface area (Å²) in [6, 6.07) is 6.81. The highest BCUT2D eigenvalue weighted by Crippen LogP contribution is 2.43. The number of nitrogens with one attached hydrogen (secondary N) is 1. The monoisotopic (exact) mass is 327 g/mol. The first-order valence-corrected chi connectivity index (χ1v) is 7.61. The zero-order valence-electron chi connectivity index (χ0n) is 11.5. The van der Waals surface area contributed by atoms with Crippen molar-refractivity contribution in [3.63, 3.8) is 0 Å². The molecule has 1 aliphatic carbocycles. The van der Waals surface area contributed by atoms with Gasteiger partial charge in [-0.15, -0.1) is 0 Å². The first-order valence-electron chi connectivity index (χ1n) is 6.82. The van der Waals surface area contributed by atoms with Crippen LogP contribution in [0.4, 0.5) is 0 Å². The van der Waals surface area contributed by atoms with E-state index in [9.17, 15) is 5.11 Å². The van der Waals surface area contributed by atoms with Crippen LogP contribution in [0.5, 0.6) is 0 Å². The van der Waals surface area contributed by atoms with Gasteiger partial charge in [-0.2, -0.15) is 0 Å². The van der Waals surface area contributed by atoms with Gasteiger partial charge in [-0.3, -0.25) is 0 Å². The van der Waals surface area contributed by atoms with Crippen molar-refractivity contribution in [2.75, 3.05) is 20.3 Å². The lowest BCUT2D eigenvalue weighted by atomic mass is 10.0. The quantitative estimate of drug-likeness (QED) is 0.844. The summed E-state index contributed by atoms with van der Waals surface area (Å²) in [4.78, 5) is 0. The van der Waals surface area contributed by atoms with Crippen molar-refractivity contribution in [3.05, 3.63) is 33.8 Å². The number of ether oxygens (including phenoxy) is 1. The lowest BCUT2D eigenvalue weighted by Crippen LogP contribution is -2.25. The van der Waals surface area contributed by atoms with Crippen LogP contribution in [0.3, 0.4) is 0 Å². The van der Waals surface area contributed by atoms with Crippen molar-refractivity contribution in [1.82, 2.24) is 5.32 Å². The molecular weight excluding hydrogens is 306 g/mol. The van der Waals surface area contributed by atoms with Crippen molar-refractivity contribution >= 4 is 15.9 Å². The minimum Gasteiger partial charge on any atom is -0.391 e. The predicted octanol–water partition coefficient (Wildman–Crippen LogP) is 2.98. The second-order valence-corrected chi connectivity index (χ2v) is 6.14. The van der Waals surface area contributed by atoms with Crippen LogP contribution < -0.4 is 5.32 Å². The van der Waals surface area contributed by atoms with Gasteiger partial charge in [0.05, 0.1) is 12.7 Å². The molecule has 0 fully saturated rings. The molecule has 106 valence electrons. The summed E-state index contributed by atoms with van der Waals surface area (Å²) in [5.41, 5.74) is 2.82. The molecule has 3 atom stereocenters. The third kappa shape index (κ3) is 3.57. The molecule has 0 saturated carbocycles. The summed E-state index contributed by atoms with van der Waals surface area (Å²) in [5, 5.41) is 13.2. The van der Waals surface area contributed by atoms with Crippen LogP contribution in [0, 0.1) is 0 Å². The van der Waals surface area contributed by atoms with E-state index in [2.05, 4.69) is 46.4 Å². The van der Waals surface area contributed by atoms with E-state index < -0.39 is 0 Å². The molecule has 19 heavy (non-hydrogen) atoms. The van der Waals surface area contributed by atoms with Gasteiger partial charge in [-0.05, 0) is 42.5 Å². The van der Waals surface area contributed by atoms with E-state index in [0.29, 0.717) is 18.6 Å². The van der Waals surface area contributed by atoms with Gasteiger partial charge < -0.3 is 15.2 Å². The van der Waals surface area contributed by atoms with Crippen LogP contribution in [0.25, 0.3) is 0 Å². The van der Waals surface area contributed by atoms with Gasteiger partial charge in [-0.25, -0.2) is 0 Å². The fourth-order valence-corrected chi connectivity index (χ4v) is 3.64. The lowest BCUT2D eigenvalue weighted by Gasteiger charge is -2.16. The van der Waals surface area contributed by atoms with Crippen LogP contribution in [-0.4, -0.2) is 31.5 Å². The molecule has 1 aromatic carbocycles. The molecule has 0 amide bonds. The number of aliphatic hydroxyl groups excluding tert-OH is 1. The van der Waals surface area contributed by atoms with Crippen molar-refractivity contribution in [2.45, 2.75) is 37.8 Å². The van der Waals surface area contributed by atoms with Gasteiger partial charge in [0.15, 0.2) is 0 Å². The molecule has 0 heterocycles. The van der Waals surface area contributed by atoms with E-state index in [1.165, 1.54) is 15.6 Å². The maximum Gasteiger partial charge on any atom is 0.0785 e. The van der Waals surface area contributed by atoms with Gasteiger partial charge in [0.25, 0.3) is 0 Å². The third-order valence-corrected chi connectivity index (χ3v) is 4.46. The van der Waals surface area contributed by atoms with Crippen LogP contribution in [0.1, 0.15) is 42.9 Å².